The lowest BCUT2D eigenvalue weighted by Gasteiger charge is -2.25. The number of carbonyl (C=O) groups excluding carboxylic acids is 2. The quantitative estimate of drug-likeness (QED) is 0.722. The second-order valence-electron chi connectivity index (χ2n) is 5.55. The Morgan fingerprint density at radius 2 is 1.79 bits per heavy atom. The lowest BCUT2D eigenvalue weighted by molar-refractivity contribution is -0.141. The van der Waals surface area contributed by atoms with Gasteiger partial charge in [-0.25, -0.2) is 4.79 Å². The Labute approximate surface area is 113 Å². The topological polar surface area (TPSA) is 92.7 Å². The van der Waals surface area contributed by atoms with Crippen molar-refractivity contribution in [1.29, 1.82) is 0 Å². The van der Waals surface area contributed by atoms with E-state index in [9.17, 15) is 14.4 Å². The Morgan fingerprint density at radius 3 is 2.16 bits per heavy atom. The minimum Gasteiger partial charge on any atom is -0.481 e. The number of ether oxygens (including phenoxy) is 1. The van der Waals surface area contributed by atoms with Gasteiger partial charge in [0, 0.05) is 0 Å². The number of carbonyl (C=O) groups is 3. The van der Waals surface area contributed by atoms with Gasteiger partial charge in [-0.1, -0.05) is 20.3 Å². The number of hydrogen-bond donors (Lipinski definition) is 2. The largest absolute Gasteiger partial charge is 0.481 e. The van der Waals surface area contributed by atoms with Gasteiger partial charge in [-0.3, -0.25) is 9.59 Å². The predicted octanol–water partition coefficient (Wildman–Crippen LogP) is 1.97. The van der Waals surface area contributed by atoms with Crippen molar-refractivity contribution in [3.63, 3.8) is 0 Å². The zero-order valence-electron chi connectivity index (χ0n) is 12.1. The number of aliphatic carboxylic acids is 1. The summed E-state index contributed by atoms with van der Waals surface area (Å²) in [5, 5.41) is 11.1. The fourth-order valence-electron chi connectivity index (χ4n) is 1.47. The van der Waals surface area contributed by atoms with Crippen LogP contribution in [-0.4, -0.2) is 34.6 Å². The second-order valence-corrected chi connectivity index (χ2v) is 5.55. The number of carboxylic acids is 1. The standard InChI is InChI=1S/C13H23NO5/c1-6-8(2)11(9(15)7-10(16)17)14-12(18)19-13(3,4)5/h8,11H,6-7H2,1-5H3,(H,14,18)(H,16,17). The summed E-state index contributed by atoms with van der Waals surface area (Å²) in [5.41, 5.74) is -0.667. The molecule has 6 nitrogen and oxygen atoms in total. The molecule has 0 aliphatic heterocycles. The normalized spacial score (nSPS) is 14.4. The number of rotatable bonds is 6. The highest BCUT2D eigenvalue weighted by molar-refractivity contribution is 5.99. The highest BCUT2D eigenvalue weighted by Crippen LogP contribution is 2.13. The summed E-state index contributed by atoms with van der Waals surface area (Å²) in [6, 6.07) is -0.837. The molecule has 19 heavy (non-hydrogen) atoms. The van der Waals surface area contributed by atoms with E-state index in [-0.39, 0.29) is 5.92 Å². The maximum absolute atomic E-state index is 11.8. The second kappa shape index (κ2) is 7.11. The van der Waals surface area contributed by atoms with Crippen LogP contribution in [0.2, 0.25) is 0 Å². The van der Waals surface area contributed by atoms with E-state index in [1.54, 1.807) is 27.7 Å². The van der Waals surface area contributed by atoms with Gasteiger partial charge in [0.15, 0.2) is 5.78 Å². The molecule has 0 rings (SSSR count). The highest BCUT2D eigenvalue weighted by atomic mass is 16.6. The number of nitrogens with one attached hydrogen (secondary N) is 1. The van der Waals surface area contributed by atoms with Crippen LogP contribution in [-0.2, 0) is 14.3 Å². The molecule has 2 N–H and O–H groups in total. The van der Waals surface area contributed by atoms with Crippen LogP contribution in [0, 0.1) is 5.92 Å². The molecule has 0 fully saturated rings. The molecule has 0 aliphatic rings. The van der Waals surface area contributed by atoms with E-state index >= 15 is 0 Å². The third-order valence-electron chi connectivity index (χ3n) is 2.56. The first-order valence-electron chi connectivity index (χ1n) is 6.30. The predicted molar refractivity (Wildman–Crippen MR) is 69.9 cm³/mol. The first-order chi connectivity index (χ1) is 8.56. The maximum atomic E-state index is 11.8. The number of hydrogen-bond acceptors (Lipinski definition) is 4. The summed E-state index contributed by atoms with van der Waals surface area (Å²) in [5.74, 6) is -1.88. The van der Waals surface area contributed by atoms with Gasteiger partial charge in [0.1, 0.15) is 12.0 Å². The summed E-state index contributed by atoms with van der Waals surface area (Å²) >= 11 is 0. The van der Waals surface area contributed by atoms with E-state index in [0.29, 0.717) is 6.42 Å². The van der Waals surface area contributed by atoms with E-state index in [1.807, 2.05) is 6.92 Å². The Kier molecular flexibility index (Phi) is 6.52. The van der Waals surface area contributed by atoms with Crippen LogP contribution in [0.3, 0.4) is 0 Å². The molecule has 1 amide bonds. The maximum Gasteiger partial charge on any atom is 0.408 e. The van der Waals surface area contributed by atoms with Crippen LogP contribution < -0.4 is 5.32 Å². The molecule has 0 aromatic rings. The van der Waals surface area contributed by atoms with Crippen molar-refractivity contribution in [2.24, 2.45) is 5.92 Å². The fourth-order valence-corrected chi connectivity index (χ4v) is 1.47. The van der Waals surface area contributed by atoms with Crippen molar-refractivity contribution in [3.05, 3.63) is 0 Å². The van der Waals surface area contributed by atoms with E-state index in [1.165, 1.54) is 0 Å². The van der Waals surface area contributed by atoms with Crippen LogP contribution in [0.4, 0.5) is 4.79 Å². The minimum absolute atomic E-state index is 0.153. The molecule has 0 aliphatic carbocycles. The molecule has 110 valence electrons. The van der Waals surface area contributed by atoms with Crippen LogP contribution in [0.5, 0.6) is 0 Å². The van der Waals surface area contributed by atoms with Crippen LogP contribution in [0.15, 0.2) is 0 Å². The molecule has 0 saturated heterocycles. The van der Waals surface area contributed by atoms with Gasteiger partial charge in [0.2, 0.25) is 0 Å². The number of carboxylic acid groups (broad SMARTS) is 1. The van der Waals surface area contributed by atoms with E-state index in [4.69, 9.17) is 9.84 Å². The molecule has 0 heterocycles. The van der Waals surface area contributed by atoms with Gasteiger partial charge in [-0.05, 0) is 26.7 Å². The third kappa shape index (κ3) is 7.43. The van der Waals surface area contributed by atoms with Crippen LogP contribution in [0.1, 0.15) is 47.5 Å². The lowest BCUT2D eigenvalue weighted by Crippen LogP contribution is -2.47. The molecule has 2 atom stereocenters. The van der Waals surface area contributed by atoms with Gasteiger partial charge >= 0.3 is 12.1 Å². The first kappa shape index (κ1) is 17.4. The molecule has 0 aromatic carbocycles. The van der Waals surface area contributed by atoms with Crippen molar-refractivity contribution in [2.75, 3.05) is 0 Å². The Hall–Kier alpha value is -1.59. The zero-order chi connectivity index (χ0) is 15.2. The van der Waals surface area contributed by atoms with Crippen LogP contribution >= 0.6 is 0 Å². The van der Waals surface area contributed by atoms with Crippen molar-refractivity contribution in [3.8, 4) is 0 Å². The van der Waals surface area contributed by atoms with Gasteiger partial charge in [0.05, 0.1) is 6.04 Å². The molecule has 0 radical (unpaired) electrons. The highest BCUT2D eigenvalue weighted by Gasteiger charge is 2.29. The van der Waals surface area contributed by atoms with Crippen molar-refractivity contribution < 1.29 is 24.2 Å². The molecule has 0 saturated carbocycles. The summed E-state index contributed by atoms with van der Waals surface area (Å²) in [6.07, 6.45) is -0.673. The minimum atomic E-state index is -1.20. The molecule has 6 heteroatoms. The number of alkyl carbamates (subject to hydrolysis) is 1. The molecule has 0 spiro atoms. The van der Waals surface area contributed by atoms with Crippen molar-refractivity contribution >= 4 is 17.8 Å². The van der Waals surface area contributed by atoms with Crippen LogP contribution in [0.25, 0.3) is 0 Å². The van der Waals surface area contributed by atoms with E-state index < -0.39 is 35.9 Å². The summed E-state index contributed by atoms with van der Waals surface area (Å²) in [7, 11) is 0. The monoisotopic (exact) mass is 273 g/mol. The Balaban J connectivity index is 4.74. The molecular formula is C13H23NO5. The summed E-state index contributed by atoms with van der Waals surface area (Å²) < 4.78 is 5.07. The zero-order valence-corrected chi connectivity index (χ0v) is 12.1. The smallest absolute Gasteiger partial charge is 0.408 e. The van der Waals surface area contributed by atoms with Gasteiger partial charge in [-0.15, -0.1) is 0 Å². The average Bonchev–Trinajstić information content (AvgIpc) is 2.21. The molecule has 0 bridgehead atoms. The van der Waals surface area contributed by atoms with Gasteiger partial charge in [-0.2, -0.15) is 0 Å². The summed E-state index contributed by atoms with van der Waals surface area (Å²) in [6.45, 7) is 8.78. The average molecular weight is 273 g/mol. The third-order valence-corrected chi connectivity index (χ3v) is 2.56. The van der Waals surface area contributed by atoms with Gasteiger partial charge < -0.3 is 15.2 Å². The molecule has 2 unspecified atom stereocenters. The first-order valence-corrected chi connectivity index (χ1v) is 6.30. The van der Waals surface area contributed by atoms with Gasteiger partial charge in [0.25, 0.3) is 0 Å². The SMILES string of the molecule is CCC(C)C(NC(=O)OC(C)(C)C)C(=O)CC(=O)O. The number of Topliss-reactive ketones (excluding diaryl/α,β-unsaturated/α-hetero) is 1. The number of ketones is 1. The fraction of sp³-hybridized carbons (Fsp3) is 0.769. The summed E-state index contributed by atoms with van der Waals surface area (Å²) in [4.78, 5) is 34.0. The van der Waals surface area contributed by atoms with E-state index in [0.717, 1.165) is 0 Å². The Bertz CT molecular complexity index is 345. The number of amides is 1. The lowest BCUT2D eigenvalue weighted by atomic mass is 9.94. The van der Waals surface area contributed by atoms with Crippen molar-refractivity contribution in [2.45, 2.75) is 59.1 Å². The molecular weight excluding hydrogens is 250 g/mol. The van der Waals surface area contributed by atoms with Crippen molar-refractivity contribution in [1.82, 2.24) is 5.32 Å². The Morgan fingerprint density at radius 1 is 1.26 bits per heavy atom. The van der Waals surface area contributed by atoms with E-state index in [2.05, 4.69) is 5.32 Å². The molecule has 0 aromatic heterocycles.